The minimum atomic E-state index is 0.0135. The molecular weight excluding hydrogens is 278 g/mol. The highest BCUT2D eigenvalue weighted by Crippen LogP contribution is 2.30. The first-order valence-electron chi connectivity index (χ1n) is 5.82. The van der Waals surface area contributed by atoms with Gasteiger partial charge in [0.25, 0.3) is 5.89 Å². The Kier molecular flexibility index (Phi) is 3.04. The number of nitrogens with zero attached hydrogens (tertiary/aromatic N) is 2. The summed E-state index contributed by atoms with van der Waals surface area (Å²) >= 11 is 6.09. The third-order valence-corrected chi connectivity index (χ3v) is 3.14. The van der Waals surface area contributed by atoms with Gasteiger partial charge in [0.1, 0.15) is 5.75 Å². The molecule has 0 spiro atoms. The molecule has 0 amide bonds. The number of phenols is 1. The molecule has 0 saturated carbocycles. The van der Waals surface area contributed by atoms with Gasteiger partial charge < -0.3 is 15.4 Å². The van der Waals surface area contributed by atoms with Gasteiger partial charge in [0.2, 0.25) is 5.82 Å². The van der Waals surface area contributed by atoms with Crippen molar-refractivity contribution in [1.82, 2.24) is 10.1 Å². The first kappa shape index (κ1) is 12.5. The highest BCUT2D eigenvalue weighted by Gasteiger charge is 2.13. The van der Waals surface area contributed by atoms with Crippen LogP contribution in [-0.2, 0) is 0 Å². The van der Waals surface area contributed by atoms with E-state index >= 15 is 0 Å². The summed E-state index contributed by atoms with van der Waals surface area (Å²) in [5.41, 5.74) is 7.21. The smallest absolute Gasteiger partial charge is 0.258 e. The number of hydrogen-bond donors (Lipinski definition) is 2. The van der Waals surface area contributed by atoms with Gasteiger partial charge in [-0.2, -0.15) is 4.98 Å². The third kappa shape index (κ3) is 2.19. The Labute approximate surface area is 119 Å². The van der Waals surface area contributed by atoms with E-state index in [4.69, 9.17) is 21.9 Å². The van der Waals surface area contributed by atoms with Crippen molar-refractivity contribution in [2.24, 2.45) is 0 Å². The van der Waals surface area contributed by atoms with Crippen LogP contribution in [0.15, 0.2) is 47.0 Å². The monoisotopic (exact) mass is 287 g/mol. The van der Waals surface area contributed by atoms with Gasteiger partial charge in [-0.15, -0.1) is 0 Å². The second kappa shape index (κ2) is 4.86. The lowest BCUT2D eigenvalue weighted by Crippen LogP contribution is -1.87. The average Bonchev–Trinajstić information content (AvgIpc) is 2.92. The van der Waals surface area contributed by atoms with Gasteiger partial charge in [0, 0.05) is 11.1 Å². The van der Waals surface area contributed by atoms with Crippen molar-refractivity contribution in [3.63, 3.8) is 0 Å². The molecule has 3 aromatic rings. The van der Waals surface area contributed by atoms with Crippen LogP contribution in [0, 0.1) is 0 Å². The maximum absolute atomic E-state index is 9.40. The van der Waals surface area contributed by atoms with Crippen molar-refractivity contribution in [1.29, 1.82) is 0 Å². The molecule has 0 aliphatic heterocycles. The van der Waals surface area contributed by atoms with E-state index in [0.717, 1.165) is 0 Å². The van der Waals surface area contributed by atoms with Crippen LogP contribution in [0.5, 0.6) is 5.75 Å². The zero-order valence-electron chi connectivity index (χ0n) is 10.2. The fourth-order valence-electron chi connectivity index (χ4n) is 1.78. The Bertz CT molecular complexity index is 771. The van der Waals surface area contributed by atoms with Crippen molar-refractivity contribution in [3.05, 3.63) is 47.5 Å². The number of halogens is 1. The normalized spacial score (nSPS) is 10.7. The molecule has 0 aliphatic carbocycles. The summed E-state index contributed by atoms with van der Waals surface area (Å²) in [5, 5.41) is 13.8. The summed E-state index contributed by atoms with van der Waals surface area (Å²) in [6.07, 6.45) is 0. The van der Waals surface area contributed by atoms with Crippen LogP contribution in [0.1, 0.15) is 0 Å². The van der Waals surface area contributed by atoms with Crippen molar-refractivity contribution in [3.8, 4) is 28.6 Å². The number of anilines is 1. The predicted molar refractivity (Wildman–Crippen MR) is 76.3 cm³/mol. The van der Waals surface area contributed by atoms with Crippen molar-refractivity contribution >= 4 is 17.3 Å². The largest absolute Gasteiger partial charge is 0.506 e. The second-order valence-corrected chi connectivity index (χ2v) is 4.58. The minimum absolute atomic E-state index is 0.0135. The molecule has 1 heterocycles. The maximum Gasteiger partial charge on any atom is 0.258 e. The van der Waals surface area contributed by atoms with E-state index in [1.807, 2.05) is 18.2 Å². The molecule has 3 N–H and O–H groups in total. The lowest BCUT2D eigenvalue weighted by molar-refractivity contribution is 0.432. The Morgan fingerprint density at radius 2 is 1.95 bits per heavy atom. The molecule has 5 nitrogen and oxygen atoms in total. The van der Waals surface area contributed by atoms with Gasteiger partial charge >= 0.3 is 0 Å². The molecular formula is C14H10ClN3O2. The lowest BCUT2D eigenvalue weighted by Gasteiger charge is -1.99. The molecule has 0 fully saturated rings. The molecule has 0 saturated heterocycles. The van der Waals surface area contributed by atoms with Gasteiger partial charge in [0.05, 0.1) is 10.7 Å². The SMILES string of the molecule is Nc1cc(-c2nc(-c3ccccc3Cl)no2)ccc1O. The Balaban J connectivity index is 2.02. The van der Waals surface area contributed by atoms with Crippen LogP contribution >= 0.6 is 11.6 Å². The molecule has 0 atom stereocenters. The number of rotatable bonds is 2. The Morgan fingerprint density at radius 1 is 1.15 bits per heavy atom. The summed E-state index contributed by atoms with van der Waals surface area (Å²) < 4.78 is 5.20. The number of hydrogen-bond acceptors (Lipinski definition) is 5. The standard InChI is InChI=1S/C14H10ClN3O2/c15-10-4-2-1-3-9(10)13-17-14(20-18-13)8-5-6-12(19)11(16)7-8/h1-7,19H,16H2. The number of aromatic hydroxyl groups is 1. The molecule has 100 valence electrons. The van der Waals surface area contributed by atoms with Gasteiger partial charge in [0.15, 0.2) is 0 Å². The third-order valence-electron chi connectivity index (χ3n) is 2.82. The van der Waals surface area contributed by atoms with Gasteiger partial charge in [-0.3, -0.25) is 0 Å². The zero-order chi connectivity index (χ0) is 14.1. The van der Waals surface area contributed by atoms with E-state index in [9.17, 15) is 5.11 Å². The molecule has 20 heavy (non-hydrogen) atoms. The lowest BCUT2D eigenvalue weighted by atomic mass is 10.2. The zero-order valence-corrected chi connectivity index (χ0v) is 11.0. The van der Waals surface area contributed by atoms with E-state index in [2.05, 4.69) is 10.1 Å². The maximum atomic E-state index is 9.40. The minimum Gasteiger partial charge on any atom is -0.506 e. The van der Waals surface area contributed by atoms with Crippen molar-refractivity contribution in [2.75, 3.05) is 5.73 Å². The van der Waals surface area contributed by atoms with Gasteiger partial charge in [-0.25, -0.2) is 0 Å². The van der Waals surface area contributed by atoms with E-state index in [-0.39, 0.29) is 11.4 Å². The van der Waals surface area contributed by atoms with Crippen molar-refractivity contribution in [2.45, 2.75) is 0 Å². The van der Waals surface area contributed by atoms with Crippen LogP contribution in [-0.4, -0.2) is 15.2 Å². The van der Waals surface area contributed by atoms with E-state index in [0.29, 0.717) is 27.9 Å². The second-order valence-electron chi connectivity index (χ2n) is 4.18. The topological polar surface area (TPSA) is 85.2 Å². The fraction of sp³-hybridized carbons (Fsp3) is 0. The summed E-state index contributed by atoms with van der Waals surface area (Å²) in [5.74, 6) is 0.725. The molecule has 0 bridgehead atoms. The number of benzene rings is 2. The summed E-state index contributed by atoms with van der Waals surface area (Å²) in [7, 11) is 0. The molecule has 2 aromatic carbocycles. The molecule has 0 unspecified atom stereocenters. The fourth-order valence-corrected chi connectivity index (χ4v) is 2.00. The number of aromatic nitrogens is 2. The highest BCUT2D eigenvalue weighted by atomic mass is 35.5. The summed E-state index contributed by atoms with van der Waals surface area (Å²) in [6.45, 7) is 0. The first-order chi connectivity index (χ1) is 9.65. The van der Waals surface area contributed by atoms with E-state index in [1.54, 1.807) is 18.2 Å². The van der Waals surface area contributed by atoms with Crippen LogP contribution in [0.2, 0.25) is 5.02 Å². The van der Waals surface area contributed by atoms with E-state index in [1.165, 1.54) is 6.07 Å². The molecule has 0 aliphatic rings. The van der Waals surface area contributed by atoms with Crippen LogP contribution in [0.25, 0.3) is 22.8 Å². The van der Waals surface area contributed by atoms with Gasteiger partial charge in [-0.1, -0.05) is 28.9 Å². The number of phenolic OH excluding ortho intramolecular Hbond substituents is 1. The van der Waals surface area contributed by atoms with Crippen molar-refractivity contribution < 1.29 is 9.63 Å². The van der Waals surface area contributed by atoms with E-state index < -0.39 is 0 Å². The number of nitrogen functional groups attached to an aromatic ring is 1. The van der Waals surface area contributed by atoms with Crippen LogP contribution in [0.3, 0.4) is 0 Å². The molecule has 0 radical (unpaired) electrons. The summed E-state index contributed by atoms with van der Waals surface area (Å²) in [6, 6.07) is 11.9. The highest BCUT2D eigenvalue weighted by molar-refractivity contribution is 6.33. The Morgan fingerprint density at radius 3 is 2.70 bits per heavy atom. The average molecular weight is 288 g/mol. The number of nitrogens with two attached hydrogens (primary N) is 1. The first-order valence-corrected chi connectivity index (χ1v) is 6.20. The predicted octanol–water partition coefficient (Wildman–Crippen LogP) is 3.34. The quantitative estimate of drug-likeness (QED) is 0.558. The molecule has 3 rings (SSSR count). The molecule has 1 aromatic heterocycles. The van der Waals surface area contributed by atoms with Crippen LogP contribution < -0.4 is 5.73 Å². The molecule has 6 heteroatoms. The summed E-state index contributed by atoms with van der Waals surface area (Å²) in [4.78, 5) is 4.28. The Hall–Kier alpha value is -2.53. The van der Waals surface area contributed by atoms with Gasteiger partial charge in [-0.05, 0) is 30.3 Å². The van der Waals surface area contributed by atoms with Crippen LogP contribution in [0.4, 0.5) is 5.69 Å².